The molecule has 0 spiro atoms. The molecule has 2 aromatic rings. The average molecular weight is 320 g/mol. The predicted octanol–water partition coefficient (Wildman–Crippen LogP) is 3.31. The van der Waals surface area contributed by atoms with Crippen LogP contribution in [0.3, 0.4) is 0 Å². The minimum absolute atomic E-state index is 0.0217. The van der Waals surface area contributed by atoms with Gasteiger partial charge in [0, 0.05) is 18.5 Å². The van der Waals surface area contributed by atoms with E-state index in [0.29, 0.717) is 28.5 Å². The second-order valence-corrected chi connectivity index (χ2v) is 4.91. The van der Waals surface area contributed by atoms with Gasteiger partial charge in [-0.2, -0.15) is 13.2 Å². The zero-order chi connectivity index (χ0) is 15.5. The Labute approximate surface area is 123 Å². The number of unbranched alkanes of at least 4 members (excludes halogenated alkanes) is 1. The zero-order valence-electron chi connectivity index (χ0n) is 10.9. The highest BCUT2D eigenvalue weighted by atomic mass is 35.5. The Bertz CT molecular complexity index is 611. The van der Waals surface area contributed by atoms with Gasteiger partial charge in [0.1, 0.15) is 0 Å². The normalized spacial score (nSPS) is 11.8. The summed E-state index contributed by atoms with van der Waals surface area (Å²) < 4.78 is 37.7. The van der Waals surface area contributed by atoms with Crippen molar-refractivity contribution in [3.8, 4) is 11.4 Å². The van der Waals surface area contributed by atoms with Crippen molar-refractivity contribution in [2.45, 2.75) is 32.0 Å². The Morgan fingerprint density at radius 3 is 2.71 bits per heavy atom. The number of hydrogen-bond donors (Lipinski definition) is 1. The van der Waals surface area contributed by atoms with Gasteiger partial charge < -0.3 is 5.73 Å². The molecule has 0 radical (unpaired) electrons. The second kappa shape index (κ2) is 6.30. The van der Waals surface area contributed by atoms with Crippen LogP contribution in [0, 0.1) is 0 Å². The fourth-order valence-electron chi connectivity index (χ4n) is 1.87. The van der Waals surface area contributed by atoms with Crippen molar-refractivity contribution < 1.29 is 13.2 Å². The highest BCUT2D eigenvalue weighted by molar-refractivity contribution is 6.33. The van der Waals surface area contributed by atoms with Crippen molar-refractivity contribution in [3.05, 3.63) is 23.2 Å². The third kappa shape index (κ3) is 4.07. The van der Waals surface area contributed by atoms with E-state index in [1.807, 2.05) is 0 Å². The summed E-state index contributed by atoms with van der Waals surface area (Å²) >= 11 is 5.93. The van der Waals surface area contributed by atoms with Gasteiger partial charge in [-0.15, -0.1) is 5.10 Å². The van der Waals surface area contributed by atoms with Crippen LogP contribution in [0.25, 0.3) is 11.4 Å². The first kappa shape index (κ1) is 15.6. The minimum Gasteiger partial charge on any atom is -0.397 e. The first-order chi connectivity index (χ1) is 9.88. The molecule has 0 atom stereocenters. The number of aromatic nitrogens is 4. The van der Waals surface area contributed by atoms with E-state index in [4.69, 9.17) is 17.3 Å². The van der Waals surface area contributed by atoms with Gasteiger partial charge in [-0.3, -0.25) is 0 Å². The number of rotatable bonds is 5. The SMILES string of the molecule is Nc1c(Cl)cccc1-c1nnnn1CCCCC(F)(F)F. The molecule has 2 rings (SSSR count). The lowest BCUT2D eigenvalue weighted by Crippen LogP contribution is -2.09. The van der Waals surface area contributed by atoms with Gasteiger partial charge in [0.05, 0.1) is 10.7 Å². The van der Waals surface area contributed by atoms with E-state index in [9.17, 15) is 13.2 Å². The predicted molar refractivity (Wildman–Crippen MR) is 72.6 cm³/mol. The molecule has 1 heterocycles. The van der Waals surface area contributed by atoms with Gasteiger partial charge in [-0.25, -0.2) is 4.68 Å². The summed E-state index contributed by atoms with van der Waals surface area (Å²) in [6.07, 6.45) is -4.61. The lowest BCUT2D eigenvalue weighted by Gasteiger charge is -2.08. The summed E-state index contributed by atoms with van der Waals surface area (Å²) in [6.45, 7) is 0.282. The molecule has 0 saturated heterocycles. The van der Waals surface area contributed by atoms with Crippen LogP contribution in [-0.4, -0.2) is 26.4 Å². The number of para-hydroxylation sites is 1. The highest BCUT2D eigenvalue weighted by Gasteiger charge is 2.26. The van der Waals surface area contributed by atoms with Crippen LogP contribution in [-0.2, 0) is 6.54 Å². The average Bonchev–Trinajstić information content (AvgIpc) is 2.85. The second-order valence-electron chi connectivity index (χ2n) is 4.50. The van der Waals surface area contributed by atoms with Crippen LogP contribution < -0.4 is 5.73 Å². The Hall–Kier alpha value is -1.83. The molecular formula is C12H13ClF3N5. The molecule has 0 amide bonds. The molecule has 2 N–H and O–H groups in total. The van der Waals surface area contributed by atoms with Gasteiger partial charge in [0.15, 0.2) is 5.82 Å². The van der Waals surface area contributed by atoms with E-state index in [1.54, 1.807) is 18.2 Å². The molecule has 0 unspecified atom stereocenters. The van der Waals surface area contributed by atoms with E-state index in [1.165, 1.54) is 4.68 Å². The zero-order valence-corrected chi connectivity index (χ0v) is 11.7. The van der Waals surface area contributed by atoms with Crippen molar-refractivity contribution in [1.29, 1.82) is 0 Å². The van der Waals surface area contributed by atoms with Gasteiger partial charge in [-0.1, -0.05) is 17.7 Å². The van der Waals surface area contributed by atoms with E-state index in [2.05, 4.69) is 15.5 Å². The number of alkyl halides is 3. The molecule has 0 bridgehead atoms. The number of tetrazole rings is 1. The van der Waals surface area contributed by atoms with Crippen molar-refractivity contribution in [1.82, 2.24) is 20.2 Å². The summed E-state index contributed by atoms with van der Waals surface area (Å²) in [4.78, 5) is 0. The summed E-state index contributed by atoms with van der Waals surface area (Å²) in [7, 11) is 0. The maximum absolute atomic E-state index is 12.1. The monoisotopic (exact) mass is 319 g/mol. The Balaban J connectivity index is 2.07. The van der Waals surface area contributed by atoms with Crippen molar-refractivity contribution in [2.24, 2.45) is 0 Å². The van der Waals surface area contributed by atoms with Crippen LogP contribution in [0.4, 0.5) is 18.9 Å². The Morgan fingerprint density at radius 2 is 2.00 bits per heavy atom. The molecule has 1 aromatic carbocycles. The maximum Gasteiger partial charge on any atom is 0.389 e. The molecule has 9 heteroatoms. The van der Waals surface area contributed by atoms with E-state index in [-0.39, 0.29) is 13.0 Å². The topological polar surface area (TPSA) is 69.6 Å². The van der Waals surface area contributed by atoms with Gasteiger partial charge in [0.2, 0.25) is 0 Å². The molecule has 5 nitrogen and oxygen atoms in total. The molecule has 114 valence electrons. The lowest BCUT2D eigenvalue weighted by molar-refractivity contribution is -0.135. The Kier molecular flexibility index (Phi) is 4.66. The number of benzene rings is 1. The van der Waals surface area contributed by atoms with E-state index < -0.39 is 12.6 Å². The fraction of sp³-hybridized carbons (Fsp3) is 0.417. The summed E-state index contributed by atoms with van der Waals surface area (Å²) in [5.41, 5.74) is 6.76. The number of nitrogens with zero attached hydrogens (tertiary/aromatic N) is 4. The van der Waals surface area contributed by atoms with Gasteiger partial charge in [-0.05, 0) is 35.4 Å². The van der Waals surface area contributed by atoms with Crippen LogP contribution in [0.1, 0.15) is 19.3 Å². The summed E-state index contributed by atoms with van der Waals surface area (Å²) in [5, 5.41) is 11.5. The number of nitrogens with two attached hydrogens (primary N) is 1. The van der Waals surface area contributed by atoms with Gasteiger partial charge in [0.25, 0.3) is 0 Å². The molecular weight excluding hydrogens is 307 g/mol. The minimum atomic E-state index is -4.14. The lowest BCUT2D eigenvalue weighted by atomic mass is 10.1. The summed E-state index contributed by atoms with van der Waals surface area (Å²) in [6, 6.07) is 5.05. The number of nitrogen functional groups attached to an aromatic ring is 1. The van der Waals surface area contributed by atoms with Crippen LogP contribution in [0.2, 0.25) is 5.02 Å². The van der Waals surface area contributed by atoms with Crippen molar-refractivity contribution in [2.75, 3.05) is 5.73 Å². The number of hydrogen-bond acceptors (Lipinski definition) is 4. The molecule has 0 saturated carbocycles. The summed E-state index contributed by atoms with van der Waals surface area (Å²) in [5.74, 6) is 0.391. The first-order valence-electron chi connectivity index (χ1n) is 6.26. The smallest absolute Gasteiger partial charge is 0.389 e. The van der Waals surface area contributed by atoms with Crippen LogP contribution in [0.15, 0.2) is 18.2 Å². The molecule has 0 fully saturated rings. The number of halogens is 4. The molecule has 0 aliphatic heterocycles. The van der Waals surface area contributed by atoms with Crippen LogP contribution in [0.5, 0.6) is 0 Å². The number of aryl methyl sites for hydroxylation is 1. The quantitative estimate of drug-likeness (QED) is 0.678. The standard InChI is InChI=1S/C12H13ClF3N5/c13-9-5-3-4-8(10(9)17)11-18-19-20-21(11)7-2-1-6-12(14,15)16/h3-5H,1-2,6-7,17H2. The number of anilines is 1. The fourth-order valence-corrected chi connectivity index (χ4v) is 2.04. The van der Waals surface area contributed by atoms with Crippen LogP contribution >= 0.6 is 11.6 Å². The van der Waals surface area contributed by atoms with E-state index >= 15 is 0 Å². The molecule has 0 aliphatic rings. The third-order valence-corrected chi connectivity index (χ3v) is 3.24. The largest absolute Gasteiger partial charge is 0.397 e. The van der Waals surface area contributed by atoms with Gasteiger partial charge >= 0.3 is 6.18 Å². The highest BCUT2D eigenvalue weighted by Crippen LogP contribution is 2.30. The maximum atomic E-state index is 12.1. The van der Waals surface area contributed by atoms with Crippen molar-refractivity contribution >= 4 is 17.3 Å². The van der Waals surface area contributed by atoms with E-state index in [0.717, 1.165) is 0 Å². The third-order valence-electron chi connectivity index (χ3n) is 2.91. The molecule has 0 aliphatic carbocycles. The Morgan fingerprint density at radius 1 is 1.24 bits per heavy atom. The van der Waals surface area contributed by atoms with Crippen molar-refractivity contribution in [3.63, 3.8) is 0 Å². The molecule has 1 aromatic heterocycles. The molecule has 21 heavy (non-hydrogen) atoms. The first-order valence-corrected chi connectivity index (χ1v) is 6.63.